The van der Waals surface area contributed by atoms with Crippen LogP contribution in [0.4, 0.5) is 0 Å². The molecule has 0 unspecified atom stereocenters. The van der Waals surface area contributed by atoms with Crippen molar-refractivity contribution < 1.29 is 4.42 Å². The van der Waals surface area contributed by atoms with Crippen LogP contribution < -0.4 is 0 Å². The Balaban J connectivity index is 1.43. The van der Waals surface area contributed by atoms with Gasteiger partial charge in [0.25, 0.3) is 0 Å². The van der Waals surface area contributed by atoms with E-state index in [0.717, 1.165) is 32.7 Å². The molecule has 0 bridgehead atoms. The van der Waals surface area contributed by atoms with Gasteiger partial charge in [-0.05, 0) is 79.2 Å². The molecule has 0 fully saturated rings. The quantitative estimate of drug-likeness (QED) is 0.270. The molecule has 0 atom stereocenters. The Morgan fingerprint density at radius 2 is 1.30 bits per heavy atom. The van der Waals surface area contributed by atoms with Crippen LogP contribution in [0.3, 0.4) is 0 Å². The summed E-state index contributed by atoms with van der Waals surface area (Å²) in [7, 11) is 0. The number of benzene rings is 4. The molecule has 6 heteroatoms. The van der Waals surface area contributed by atoms with Crippen LogP contribution in [0.2, 0.25) is 5.02 Å². The maximum absolute atomic E-state index is 6.36. The van der Waals surface area contributed by atoms with Crippen molar-refractivity contribution in [1.82, 2.24) is 14.8 Å². The van der Waals surface area contributed by atoms with Crippen molar-refractivity contribution in [3.8, 4) is 28.6 Å². The predicted molar refractivity (Wildman–Crippen MR) is 137 cm³/mol. The molecule has 2 heterocycles. The van der Waals surface area contributed by atoms with Gasteiger partial charge in [0, 0.05) is 37.5 Å². The molecule has 160 valence electrons. The van der Waals surface area contributed by atoms with Crippen LogP contribution in [-0.2, 0) is 0 Å². The first-order chi connectivity index (χ1) is 16.1. The fourth-order valence-electron chi connectivity index (χ4n) is 4.19. The van der Waals surface area contributed by atoms with E-state index in [2.05, 4.69) is 70.7 Å². The summed E-state index contributed by atoms with van der Waals surface area (Å²) in [5.41, 5.74) is 6.18. The average Bonchev–Trinajstić information content (AvgIpc) is 3.42. The number of hydrogen-bond acceptors (Lipinski definition) is 4. The highest BCUT2D eigenvalue weighted by Crippen LogP contribution is 2.35. The van der Waals surface area contributed by atoms with Gasteiger partial charge in [0.15, 0.2) is 0 Å². The van der Waals surface area contributed by atoms with Crippen molar-refractivity contribution in [2.24, 2.45) is 0 Å². The molecule has 0 aliphatic carbocycles. The van der Waals surface area contributed by atoms with Crippen molar-refractivity contribution in [2.45, 2.75) is 11.8 Å². The fraction of sp³-hybridized carbons (Fsp3) is 0.0370. The van der Waals surface area contributed by atoms with E-state index in [4.69, 9.17) is 16.0 Å². The van der Waals surface area contributed by atoms with E-state index in [9.17, 15) is 0 Å². The first-order valence-corrected chi connectivity index (χ1v) is 11.3. The summed E-state index contributed by atoms with van der Waals surface area (Å²) in [4.78, 5) is 0.885. The third-order valence-electron chi connectivity index (χ3n) is 5.80. The highest BCUT2D eigenvalue weighted by Gasteiger charge is 2.14. The zero-order valence-corrected chi connectivity index (χ0v) is 19.3. The van der Waals surface area contributed by atoms with E-state index in [1.807, 2.05) is 48.5 Å². The summed E-state index contributed by atoms with van der Waals surface area (Å²) in [5, 5.41) is 11.5. The van der Waals surface area contributed by atoms with Crippen LogP contribution in [0.25, 0.3) is 50.4 Å². The maximum atomic E-state index is 6.36. The van der Waals surface area contributed by atoms with Crippen LogP contribution in [0.15, 0.2) is 94.2 Å². The lowest BCUT2D eigenvalue weighted by Crippen LogP contribution is -1.94. The van der Waals surface area contributed by atoms with Gasteiger partial charge in [0.1, 0.15) is 0 Å². The number of halogens is 1. The van der Waals surface area contributed by atoms with E-state index in [-0.39, 0.29) is 0 Å². The van der Waals surface area contributed by atoms with Gasteiger partial charge in [-0.1, -0.05) is 29.8 Å². The Morgan fingerprint density at radius 1 is 0.727 bits per heavy atom. The van der Waals surface area contributed by atoms with E-state index in [0.29, 0.717) is 16.8 Å². The molecular formula is C27H18ClN3OS. The number of nitrogens with zero attached hydrogens (tertiary/aromatic N) is 3. The van der Waals surface area contributed by atoms with Gasteiger partial charge in [0.05, 0.1) is 11.0 Å². The molecule has 6 aromatic rings. The van der Waals surface area contributed by atoms with E-state index >= 15 is 0 Å². The number of fused-ring (bicyclic) bond motifs is 3. The monoisotopic (exact) mass is 467 g/mol. The third-order valence-corrected chi connectivity index (χ3v) is 6.33. The first kappa shape index (κ1) is 20.1. The van der Waals surface area contributed by atoms with Crippen molar-refractivity contribution in [1.29, 1.82) is 0 Å². The van der Waals surface area contributed by atoms with Crippen molar-refractivity contribution in [2.75, 3.05) is 0 Å². The summed E-state index contributed by atoms with van der Waals surface area (Å²) in [5.74, 6) is 0.961. The average molecular weight is 468 g/mol. The summed E-state index contributed by atoms with van der Waals surface area (Å²) in [6, 6.07) is 28.3. The van der Waals surface area contributed by atoms with Crippen LogP contribution in [0.5, 0.6) is 0 Å². The Bertz CT molecular complexity index is 1570. The summed E-state index contributed by atoms with van der Waals surface area (Å²) < 4.78 is 8.17. The molecule has 0 N–H and O–H groups in total. The van der Waals surface area contributed by atoms with Crippen molar-refractivity contribution in [3.63, 3.8) is 0 Å². The molecule has 2 aromatic heterocycles. The van der Waals surface area contributed by atoms with Gasteiger partial charge in [-0.2, -0.15) is 0 Å². The van der Waals surface area contributed by atoms with Gasteiger partial charge < -0.3 is 8.98 Å². The lowest BCUT2D eigenvalue weighted by molar-refractivity contribution is 0.584. The number of aromatic nitrogens is 3. The van der Waals surface area contributed by atoms with Crippen molar-refractivity contribution >= 4 is 46.0 Å². The number of rotatable bonds is 3. The lowest BCUT2D eigenvalue weighted by Gasteiger charge is -2.09. The molecule has 33 heavy (non-hydrogen) atoms. The maximum Gasteiger partial charge on any atom is 0.248 e. The molecule has 4 nitrogen and oxygen atoms in total. The van der Waals surface area contributed by atoms with E-state index in [1.165, 1.54) is 16.3 Å². The summed E-state index contributed by atoms with van der Waals surface area (Å²) in [6.07, 6.45) is 0. The highest BCUT2D eigenvalue weighted by atomic mass is 35.5. The molecule has 6 rings (SSSR count). The van der Waals surface area contributed by atoms with Gasteiger partial charge in [-0.3, -0.25) is 0 Å². The Hall–Kier alpha value is -3.54. The third kappa shape index (κ3) is 3.50. The second-order valence-electron chi connectivity index (χ2n) is 8.02. The van der Waals surface area contributed by atoms with Gasteiger partial charge in [0.2, 0.25) is 11.8 Å². The van der Waals surface area contributed by atoms with E-state index in [1.54, 1.807) is 0 Å². The molecule has 0 spiro atoms. The molecule has 0 amide bonds. The van der Waals surface area contributed by atoms with Crippen molar-refractivity contribution in [3.05, 3.63) is 95.5 Å². The van der Waals surface area contributed by atoms with E-state index < -0.39 is 0 Å². The molecule has 0 aliphatic rings. The topological polar surface area (TPSA) is 43.9 Å². The number of aryl methyl sites for hydroxylation is 1. The highest BCUT2D eigenvalue weighted by molar-refractivity contribution is 7.80. The largest absolute Gasteiger partial charge is 0.416 e. The number of hydrogen-bond donors (Lipinski definition) is 1. The molecule has 4 aromatic carbocycles. The van der Waals surface area contributed by atoms with Crippen LogP contribution in [0.1, 0.15) is 5.56 Å². The SMILES string of the molecule is Cc1ccc2c3ccc(Cl)cc3n(-c3ccc(-c4nnc(-c5ccc(S)cc5)o4)cc3)c2c1. The Kier molecular flexibility index (Phi) is 4.75. The molecule has 0 saturated carbocycles. The second kappa shape index (κ2) is 7.80. The fourth-order valence-corrected chi connectivity index (χ4v) is 4.51. The lowest BCUT2D eigenvalue weighted by atomic mass is 10.1. The normalized spacial score (nSPS) is 11.5. The van der Waals surface area contributed by atoms with Gasteiger partial charge >= 0.3 is 0 Å². The zero-order valence-electron chi connectivity index (χ0n) is 17.7. The van der Waals surface area contributed by atoms with Crippen LogP contribution >= 0.6 is 24.2 Å². The standard InChI is InChI=1S/C27H18ClN3OS/c1-16-2-12-22-23-13-7-19(28)15-25(23)31(24(22)14-16)20-8-3-17(4-9-20)26-29-30-27(32-26)18-5-10-21(33)11-6-18/h2-15,33H,1H3. The minimum atomic E-state index is 0.479. The Labute approximate surface area is 200 Å². The van der Waals surface area contributed by atoms with Gasteiger partial charge in [-0.25, -0.2) is 0 Å². The molecule has 0 saturated heterocycles. The smallest absolute Gasteiger partial charge is 0.248 e. The second-order valence-corrected chi connectivity index (χ2v) is 8.98. The van der Waals surface area contributed by atoms with Crippen LogP contribution in [0, 0.1) is 6.92 Å². The minimum absolute atomic E-state index is 0.479. The van der Waals surface area contributed by atoms with Crippen LogP contribution in [-0.4, -0.2) is 14.8 Å². The summed E-state index contributed by atoms with van der Waals surface area (Å²) >= 11 is 10.7. The van der Waals surface area contributed by atoms with Gasteiger partial charge in [-0.15, -0.1) is 22.8 Å². The molecular weight excluding hydrogens is 450 g/mol. The molecule has 0 radical (unpaired) electrons. The first-order valence-electron chi connectivity index (χ1n) is 10.5. The number of thiol groups is 1. The molecule has 0 aliphatic heterocycles. The predicted octanol–water partition coefficient (Wildman–Crippen LogP) is 7.75. The summed E-state index contributed by atoms with van der Waals surface area (Å²) in [6.45, 7) is 2.11. The minimum Gasteiger partial charge on any atom is -0.416 e. The Morgan fingerprint density at radius 3 is 1.97 bits per heavy atom. The zero-order chi connectivity index (χ0) is 22.5.